The molecular formula is C66H95F3N10O12. The van der Waals surface area contributed by atoms with Crippen molar-refractivity contribution >= 4 is 17.8 Å². The lowest BCUT2D eigenvalue weighted by atomic mass is 9.40. The zero-order valence-electron chi connectivity index (χ0n) is 53.5. The predicted molar refractivity (Wildman–Crippen MR) is 327 cm³/mol. The lowest BCUT2D eigenvalue weighted by Crippen LogP contribution is -2.85. The monoisotopic (exact) mass is 1280 g/mol. The van der Waals surface area contributed by atoms with Crippen LogP contribution in [0.25, 0.3) is 0 Å². The van der Waals surface area contributed by atoms with Crippen LogP contribution in [0.4, 0.5) is 13.2 Å². The Morgan fingerprint density at radius 3 is 1.84 bits per heavy atom. The molecule has 6 fully saturated rings. The summed E-state index contributed by atoms with van der Waals surface area (Å²) in [4.78, 5) is 46.5. The van der Waals surface area contributed by atoms with Crippen LogP contribution in [0.5, 0.6) is 5.75 Å². The standard InChI is InChI=1S/C66H95F3N10O12/c1-47(2)62-73-71-48(3)79(62)59-41-58-66(59)15-12-57(66)78(58)19-13-56(49-9-5-4-6-10-49)70-63(81)51-44-76(45-51)64(82)50-42-65(43-50)16-20-75(21-17-65)18-8-7-11-53-46-77(74-72-53)22-24-84-26-28-86-30-32-88-34-36-90-38-37-89-35-33-87-31-29-85-27-25-83-23-14-60(80)91-61-54(68)39-52(67)40-55(61)69/h4-6,9-10,39-40,46-47,50-51,56-59H,7-8,11-38,41-45H2,1-3H3,(H,70,81)/t56-,57?,58?,59?,66?/m0/s1. The van der Waals surface area contributed by atoms with Gasteiger partial charge in [-0.2, -0.15) is 0 Å². The van der Waals surface area contributed by atoms with Crippen molar-refractivity contribution in [2.24, 2.45) is 22.7 Å². The number of hydrogen-bond acceptors (Lipinski definition) is 18. The first-order valence-electron chi connectivity index (χ1n) is 33.2. The van der Waals surface area contributed by atoms with E-state index in [0.717, 1.165) is 107 Å². The molecule has 6 aliphatic rings. The first-order valence-corrected chi connectivity index (χ1v) is 33.2. The second-order valence-corrected chi connectivity index (χ2v) is 25.7. The first-order chi connectivity index (χ1) is 44.3. The summed E-state index contributed by atoms with van der Waals surface area (Å²) in [6, 6.07) is 12.9. The van der Waals surface area contributed by atoms with Gasteiger partial charge in [-0.25, -0.2) is 17.9 Å². The molecule has 4 unspecified atom stereocenters. The fourth-order valence-corrected chi connectivity index (χ4v) is 14.4. The Hall–Kier alpha value is -5.48. The molecule has 2 amide bonds. The summed E-state index contributed by atoms with van der Waals surface area (Å²) in [6.45, 7) is 18.4. The summed E-state index contributed by atoms with van der Waals surface area (Å²) < 4.78 is 93.1. The van der Waals surface area contributed by atoms with Crippen molar-refractivity contribution in [3.63, 3.8) is 0 Å². The highest BCUT2D eigenvalue weighted by atomic mass is 19.1. The van der Waals surface area contributed by atoms with Gasteiger partial charge in [0.15, 0.2) is 11.6 Å². The first kappa shape index (κ1) is 68.4. The molecule has 2 spiro atoms. The fraction of sp³-hybridized carbons (Fsp3) is 0.712. The third kappa shape index (κ3) is 17.9. The second-order valence-electron chi connectivity index (χ2n) is 25.7. The quantitative estimate of drug-likeness (QED) is 0.0273. The number of amides is 2. The van der Waals surface area contributed by atoms with Crippen LogP contribution in [0.15, 0.2) is 48.7 Å². The van der Waals surface area contributed by atoms with Gasteiger partial charge in [0, 0.05) is 73.3 Å². The maximum absolute atomic E-state index is 13.8. The number of nitrogens with zero attached hydrogens (tertiary/aromatic N) is 9. The van der Waals surface area contributed by atoms with E-state index in [1.165, 1.54) is 12.8 Å². The van der Waals surface area contributed by atoms with Gasteiger partial charge in [0.1, 0.15) is 17.5 Å². The molecule has 4 aromatic rings. The molecule has 3 aliphatic heterocycles. The van der Waals surface area contributed by atoms with E-state index in [1.807, 2.05) is 21.8 Å². The summed E-state index contributed by atoms with van der Waals surface area (Å²) in [6.07, 6.45) is 13.6. The lowest BCUT2D eigenvalue weighted by Gasteiger charge is -2.80. The second kappa shape index (κ2) is 33.6. The molecule has 0 bridgehead atoms. The Labute approximate surface area is 532 Å². The molecule has 3 aliphatic carbocycles. The summed E-state index contributed by atoms with van der Waals surface area (Å²) >= 11 is 0. The number of likely N-dealkylation sites (tertiary alicyclic amines) is 3. The van der Waals surface area contributed by atoms with Crippen LogP contribution < -0.4 is 10.1 Å². The van der Waals surface area contributed by atoms with Crippen LogP contribution in [0.3, 0.4) is 0 Å². The van der Waals surface area contributed by atoms with Gasteiger partial charge < -0.3 is 62.3 Å². The predicted octanol–water partition coefficient (Wildman–Crippen LogP) is 6.85. The number of halogens is 3. The summed E-state index contributed by atoms with van der Waals surface area (Å²) in [5.41, 5.74) is 2.78. The van der Waals surface area contributed by atoms with Crippen molar-refractivity contribution in [3.05, 3.63) is 89.0 Å². The van der Waals surface area contributed by atoms with Gasteiger partial charge >= 0.3 is 5.97 Å². The van der Waals surface area contributed by atoms with Gasteiger partial charge in [-0.3, -0.25) is 19.3 Å². The summed E-state index contributed by atoms with van der Waals surface area (Å²) in [7, 11) is 0. The molecule has 2 aromatic carbocycles. The van der Waals surface area contributed by atoms with Crippen LogP contribution >= 0.6 is 0 Å². The summed E-state index contributed by atoms with van der Waals surface area (Å²) in [5.74, 6) is -2.83. The number of ether oxygens (including phenoxy) is 9. The van der Waals surface area contributed by atoms with E-state index in [-0.39, 0.29) is 61.3 Å². The van der Waals surface area contributed by atoms with Gasteiger partial charge in [-0.15, -0.1) is 15.3 Å². The van der Waals surface area contributed by atoms with Crippen LogP contribution in [0.2, 0.25) is 0 Å². The van der Waals surface area contributed by atoms with Crippen molar-refractivity contribution in [2.75, 3.05) is 145 Å². The molecule has 3 saturated carbocycles. The number of carbonyl (C=O) groups is 3. The minimum atomic E-state index is -1.30. The Balaban J connectivity index is 0.474. The number of hydrogen-bond donors (Lipinski definition) is 1. The van der Waals surface area contributed by atoms with Crippen LogP contribution in [0, 0.1) is 47.0 Å². The molecule has 0 radical (unpaired) electrons. The number of nitrogens with one attached hydrogen (secondary N) is 1. The van der Waals surface area contributed by atoms with E-state index in [4.69, 9.17) is 37.9 Å². The maximum atomic E-state index is 13.8. The molecule has 3 saturated heterocycles. The van der Waals surface area contributed by atoms with Crippen molar-refractivity contribution < 1.29 is 70.2 Å². The molecule has 25 heteroatoms. The normalized spacial score (nSPS) is 21.6. The molecule has 22 nitrogen and oxygen atoms in total. The van der Waals surface area contributed by atoms with Crippen LogP contribution in [-0.4, -0.2) is 219 Å². The zero-order chi connectivity index (χ0) is 63.6. The number of aromatic nitrogens is 6. The molecule has 91 heavy (non-hydrogen) atoms. The van der Waals surface area contributed by atoms with Crippen molar-refractivity contribution in [1.82, 2.24) is 49.8 Å². The third-order valence-corrected chi connectivity index (χ3v) is 19.5. The number of piperidine rings is 3. The third-order valence-electron chi connectivity index (χ3n) is 19.5. The molecule has 502 valence electrons. The number of carbonyl (C=O) groups excluding carboxylic acids is 3. The minimum absolute atomic E-state index is 0.0412. The van der Waals surface area contributed by atoms with Crippen LogP contribution in [0.1, 0.15) is 125 Å². The lowest BCUT2D eigenvalue weighted by molar-refractivity contribution is -0.295. The van der Waals surface area contributed by atoms with Gasteiger partial charge in [0.2, 0.25) is 17.6 Å². The number of rotatable bonds is 42. The average Bonchev–Trinajstić information content (AvgIpc) is 1.23. The highest BCUT2D eigenvalue weighted by Gasteiger charge is 2.75. The highest BCUT2D eigenvalue weighted by molar-refractivity contribution is 5.86. The van der Waals surface area contributed by atoms with Gasteiger partial charge in [-0.05, 0) is 108 Å². The zero-order valence-corrected chi connectivity index (χ0v) is 53.5. The van der Waals surface area contributed by atoms with Gasteiger partial charge in [0.05, 0.1) is 136 Å². The van der Waals surface area contributed by atoms with Gasteiger partial charge in [-0.1, -0.05) is 49.4 Å². The van der Waals surface area contributed by atoms with E-state index in [1.54, 1.807) is 0 Å². The SMILES string of the molecule is Cc1nnc(C(C)C)n1C1CC2N(CC[C@H](NC(=O)C3CN(C(=O)C4CC5(CCN(CCCCc6cn(CCOCCOCCOCCOCCOCCOCCOCCOCCC(=O)Oc7c(F)cc(F)cc7F)nn6)CC5)C4)C3)c3ccccc3)C3CCC321. The van der Waals surface area contributed by atoms with E-state index in [0.29, 0.717) is 147 Å². The number of aryl methyl sites for hydroxylation is 2. The number of esters is 1. The molecule has 1 N–H and O–H groups in total. The van der Waals surface area contributed by atoms with E-state index in [9.17, 15) is 27.6 Å². The van der Waals surface area contributed by atoms with Crippen molar-refractivity contribution in [2.45, 2.75) is 134 Å². The number of unbranched alkanes of at least 4 members (excludes halogenated alkanes) is 1. The smallest absolute Gasteiger partial charge is 0.313 e. The molecular weight excluding hydrogens is 1180 g/mol. The topological polar surface area (TPSA) is 217 Å². The Kier molecular flexibility index (Phi) is 25.2. The molecule has 5 heterocycles. The largest absolute Gasteiger partial charge is 0.420 e. The van der Waals surface area contributed by atoms with Gasteiger partial charge in [0.25, 0.3) is 0 Å². The van der Waals surface area contributed by atoms with Crippen molar-refractivity contribution in [3.8, 4) is 5.75 Å². The molecule has 5 atom stereocenters. The molecule has 10 rings (SSSR count). The summed E-state index contributed by atoms with van der Waals surface area (Å²) in [5, 5.41) is 21.2. The molecule has 2 aromatic heterocycles. The minimum Gasteiger partial charge on any atom is -0.420 e. The number of benzene rings is 2. The highest BCUT2D eigenvalue weighted by Crippen LogP contribution is 2.73. The Morgan fingerprint density at radius 1 is 0.670 bits per heavy atom. The Bertz CT molecular complexity index is 2890. The average molecular weight is 1280 g/mol. The van der Waals surface area contributed by atoms with E-state index >= 15 is 0 Å². The van der Waals surface area contributed by atoms with Crippen molar-refractivity contribution in [1.29, 1.82) is 0 Å². The maximum Gasteiger partial charge on any atom is 0.313 e. The van der Waals surface area contributed by atoms with E-state index in [2.05, 4.69) is 90.0 Å². The van der Waals surface area contributed by atoms with E-state index < -0.39 is 29.2 Å². The fourth-order valence-electron chi connectivity index (χ4n) is 14.4. The van der Waals surface area contributed by atoms with Crippen LogP contribution in [-0.2, 0) is 65.2 Å². The Morgan fingerprint density at radius 2 is 1.26 bits per heavy atom.